The molecule has 0 radical (unpaired) electrons. The van der Waals surface area contributed by atoms with E-state index in [1.807, 2.05) is 55.5 Å². The van der Waals surface area contributed by atoms with Gasteiger partial charge in [-0.15, -0.1) is 11.3 Å². The van der Waals surface area contributed by atoms with Crippen LogP contribution in [0.5, 0.6) is 5.75 Å². The van der Waals surface area contributed by atoms with Gasteiger partial charge in [0, 0.05) is 42.9 Å². The summed E-state index contributed by atoms with van der Waals surface area (Å²) in [6.07, 6.45) is 0. The lowest BCUT2D eigenvalue weighted by Gasteiger charge is -2.35. The van der Waals surface area contributed by atoms with Crippen molar-refractivity contribution in [3.63, 3.8) is 0 Å². The fourth-order valence-corrected chi connectivity index (χ4v) is 4.13. The van der Waals surface area contributed by atoms with Gasteiger partial charge in [-0.25, -0.2) is 9.78 Å². The molecule has 8 nitrogen and oxygen atoms in total. The van der Waals surface area contributed by atoms with E-state index in [9.17, 15) is 9.59 Å². The molecule has 2 aromatic carbocycles. The second-order valence-electron chi connectivity index (χ2n) is 7.46. The summed E-state index contributed by atoms with van der Waals surface area (Å²) in [5.41, 5.74) is 3.26. The molecule has 1 aliphatic rings. The highest BCUT2D eigenvalue weighted by atomic mass is 32.1. The van der Waals surface area contributed by atoms with Crippen molar-refractivity contribution in [2.24, 2.45) is 0 Å². The van der Waals surface area contributed by atoms with E-state index < -0.39 is 6.03 Å². The second kappa shape index (κ2) is 9.69. The number of thiazole rings is 1. The number of aryl methyl sites for hydroxylation is 1. The molecule has 1 fully saturated rings. The number of carbonyl (C=O) groups excluding carboxylic acids is 2. The van der Waals surface area contributed by atoms with E-state index in [4.69, 9.17) is 4.74 Å². The summed E-state index contributed by atoms with van der Waals surface area (Å²) in [4.78, 5) is 33.4. The largest absolute Gasteiger partial charge is 0.497 e. The Bertz CT molecular complexity index is 1070. The number of ether oxygens (including phenoxy) is 1. The molecule has 1 aliphatic heterocycles. The first kappa shape index (κ1) is 21.6. The molecular weight excluding hydrogens is 426 g/mol. The van der Waals surface area contributed by atoms with Crippen molar-refractivity contribution in [2.75, 3.05) is 48.8 Å². The van der Waals surface area contributed by atoms with Gasteiger partial charge in [0.2, 0.25) is 0 Å². The smallest absolute Gasteiger partial charge is 0.325 e. The van der Waals surface area contributed by atoms with Gasteiger partial charge in [0.05, 0.1) is 7.11 Å². The highest BCUT2D eigenvalue weighted by Crippen LogP contribution is 2.22. The molecular formula is C23H25N5O3S. The molecule has 3 aromatic rings. The molecule has 166 valence electrons. The zero-order valence-corrected chi connectivity index (χ0v) is 18.8. The number of amides is 3. The molecule has 3 amide bonds. The molecule has 0 spiro atoms. The van der Waals surface area contributed by atoms with Crippen LogP contribution in [0.3, 0.4) is 0 Å². The lowest BCUT2D eigenvalue weighted by atomic mass is 10.2. The summed E-state index contributed by atoms with van der Waals surface area (Å²) < 4.78 is 5.21. The average Bonchev–Trinajstić information content (AvgIpc) is 3.28. The van der Waals surface area contributed by atoms with Crippen molar-refractivity contribution in [3.05, 3.63) is 65.2 Å². The Kier molecular flexibility index (Phi) is 6.55. The van der Waals surface area contributed by atoms with Gasteiger partial charge in [-0.2, -0.15) is 0 Å². The molecule has 4 rings (SSSR count). The summed E-state index contributed by atoms with van der Waals surface area (Å²) in [5, 5.41) is 7.51. The summed E-state index contributed by atoms with van der Waals surface area (Å²) >= 11 is 1.23. The van der Waals surface area contributed by atoms with E-state index in [1.165, 1.54) is 11.3 Å². The fraction of sp³-hybridized carbons (Fsp3) is 0.261. The van der Waals surface area contributed by atoms with Crippen LogP contribution in [0, 0.1) is 6.92 Å². The minimum absolute atomic E-state index is 0.123. The van der Waals surface area contributed by atoms with Crippen molar-refractivity contribution in [2.45, 2.75) is 6.92 Å². The molecule has 2 heterocycles. The first-order valence-corrected chi connectivity index (χ1v) is 11.2. The average molecular weight is 452 g/mol. The van der Waals surface area contributed by atoms with Crippen molar-refractivity contribution in [3.8, 4) is 5.75 Å². The van der Waals surface area contributed by atoms with Crippen molar-refractivity contribution in [1.82, 2.24) is 9.88 Å². The number of hydrogen-bond donors (Lipinski definition) is 2. The van der Waals surface area contributed by atoms with Crippen molar-refractivity contribution < 1.29 is 14.3 Å². The summed E-state index contributed by atoms with van der Waals surface area (Å²) in [6, 6.07) is 15.0. The summed E-state index contributed by atoms with van der Waals surface area (Å²) in [5.74, 6) is 0.700. The number of hydrogen-bond acceptors (Lipinski definition) is 6. The number of rotatable bonds is 5. The lowest BCUT2D eigenvalue weighted by Crippen LogP contribution is -2.48. The Morgan fingerprint density at radius 3 is 2.31 bits per heavy atom. The number of methoxy groups -OCH3 is 1. The van der Waals surface area contributed by atoms with E-state index in [2.05, 4.69) is 20.5 Å². The minimum Gasteiger partial charge on any atom is -0.497 e. The van der Waals surface area contributed by atoms with E-state index >= 15 is 0 Å². The number of benzene rings is 2. The molecule has 1 saturated heterocycles. The van der Waals surface area contributed by atoms with Crippen LogP contribution < -0.4 is 20.3 Å². The third-order valence-electron chi connectivity index (χ3n) is 5.26. The highest BCUT2D eigenvalue weighted by Gasteiger charge is 2.24. The van der Waals surface area contributed by atoms with Gasteiger partial charge in [0.25, 0.3) is 5.91 Å². The van der Waals surface area contributed by atoms with Crippen LogP contribution in [0.4, 0.5) is 21.3 Å². The van der Waals surface area contributed by atoms with Crippen LogP contribution in [-0.2, 0) is 0 Å². The standard InChI is InChI=1S/C23H25N5O3S/c1-16-3-5-17(6-4-16)24-22(30)26-23-25-20(15-32-23)21(29)28-13-11-27(12-14-28)18-7-9-19(31-2)10-8-18/h3-10,15H,11-14H2,1-2H3,(H2,24,25,26,30). The van der Waals surface area contributed by atoms with Gasteiger partial charge in [-0.1, -0.05) is 17.7 Å². The van der Waals surface area contributed by atoms with Crippen LogP contribution >= 0.6 is 11.3 Å². The first-order chi connectivity index (χ1) is 15.5. The highest BCUT2D eigenvalue weighted by molar-refractivity contribution is 7.14. The quantitative estimate of drug-likeness (QED) is 0.611. The third kappa shape index (κ3) is 5.17. The van der Waals surface area contributed by atoms with Crippen LogP contribution in [-0.4, -0.2) is 55.1 Å². The van der Waals surface area contributed by atoms with E-state index in [0.717, 1.165) is 30.1 Å². The lowest BCUT2D eigenvalue weighted by molar-refractivity contribution is 0.0741. The number of carbonyl (C=O) groups is 2. The van der Waals surface area contributed by atoms with Gasteiger partial charge in [-0.05, 0) is 43.3 Å². The zero-order chi connectivity index (χ0) is 22.5. The fourth-order valence-electron chi connectivity index (χ4n) is 3.45. The maximum atomic E-state index is 12.9. The van der Waals surface area contributed by atoms with Gasteiger partial charge in [-0.3, -0.25) is 10.1 Å². The predicted octanol–water partition coefficient (Wildman–Crippen LogP) is 4.07. The maximum absolute atomic E-state index is 12.9. The Balaban J connectivity index is 1.29. The third-order valence-corrected chi connectivity index (χ3v) is 6.02. The molecule has 0 saturated carbocycles. The van der Waals surface area contributed by atoms with Crippen molar-refractivity contribution >= 4 is 39.8 Å². The Morgan fingerprint density at radius 1 is 0.969 bits per heavy atom. The molecule has 9 heteroatoms. The Morgan fingerprint density at radius 2 is 1.66 bits per heavy atom. The van der Waals surface area contributed by atoms with Gasteiger partial charge >= 0.3 is 6.03 Å². The number of nitrogens with one attached hydrogen (secondary N) is 2. The van der Waals surface area contributed by atoms with Crippen LogP contribution in [0.15, 0.2) is 53.9 Å². The number of piperazine rings is 1. The summed E-state index contributed by atoms with van der Waals surface area (Å²) in [6.45, 7) is 4.69. The van der Waals surface area contributed by atoms with Gasteiger partial charge in [0.15, 0.2) is 5.13 Å². The van der Waals surface area contributed by atoms with Gasteiger partial charge < -0.3 is 19.9 Å². The maximum Gasteiger partial charge on any atom is 0.325 e. The zero-order valence-electron chi connectivity index (χ0n) is 18.0. The first-order valence-electron chi connectivity index (χ1n) is 10.3. The van der Waals surface area contributed by atoms with Crippen LogP contribution in [0.1, 0.15) is 16.1 Å². The van der Waals surface area contributed by atoms with Gasteiger partial charge in [0.1, 0.15) is 11.4 Å². The predicted molar refractivity (Wildman–Crippen MR) is 127 cm³/mol. The molecule has 0 aliphatic carbocycles. The Hall–Kier alpha value is -3.59. The van der Waals surface area contributed by atoms with Crippen LogP contribution in [0.25, 0.3) is 0 Å². The van der Waals surface area contributed by atoms with Crippen LogP contribution in [0.2, 0.25) is 0 Å². The summed E-state index contributed by atoms with van der Waals surface area (Å²) in [7, 11) is 1.65. The number of urea groups is 1. The minimum atomic E-state index is -0.393. The van der Waals surface area contributed by atoms with E-state index in [0.29, 0.717) is 29.6 Å². The van der Waals surface area contributed by atoms with E-state index in [1.54, 1.807) is 17.4 Å². The number of aromatic nitrogens is 1. The molecule has 32 heavy (non-hydrogen) atoms. The monoisotopic (exact) mass is 451 g/mol. The number of nitrogens with zero attached hydrogens (tertiary/aromatic N) is 3. The normalized spacial score (nSPS) is 13.6. The number of anilines is 3. The molecule has 0 unspecified atom stereocenters. The second-order valence-corrected chi connectivity index (χ2v) is 8.32. The molecule has 2 N–H and O–H groups in total. The SMILES string of the molecule is COc1ccc(N2CCN(C(=O)c3csc(NC(=O)Nc4ccc(C)cc4)n3)CC2)cc1. The molecule has 0 bridgehead atoms. The Labute approximate surface area is 190 Å². The van der Waals surface area contributed by atoms with Crippen molar-refractivity contribution in [1.29, 1.82) is 0 Å². The topological polar surface area (TPSA) is 86.8 Å². The van der Waals surface area contributed by atoms with E-state index in [-0.39, 0.29) is 5.91 Å². The molecule has 0 atom stereocenters. The molecule has 1 aromatic heterocycles.